The summed E-state index contributed by atoms with van der Waals surface area (Å²) in [6.07, 6.45) is 2.09. The van der Waals surface area contributed by atoms with Gasteiger partial charge in [-0.25, -0.2) is 0 Å². The summed E-state index contributed by atoms with van der Waals surface area (Å²) < 4.78 is 15.1. The third kappa shape index (κ3) is 5.82. The van der Waals surface area contributed by atoms with Crippen LogP contribution < -0.4 is 24.8 Å². The van der Waals surface area contributed by atoms with E-state index in [2.05, 4.69) is 103 Å². The Balaban J connectivity index is 0.00000190. The molecule has 2 aromatic rings. The van der Waals surface area contributed by atoms with Crippen LogP contribution in [0.3, 0.4) is 0 Å². The van der Waals surface area contributed by atoms with Crippen molar-refractivity contribution < 1.29 is 56.9 Å². The minimum atomic E-state index is -1.40. The van der Waals surface area contributed by atoms with Gasteiger partial charge in [0.2, 0.25) is 0 Å². The van der Waals surface area contributed by atoms with E-state index < -0.39 is 41.3 Å². The minimum absolute atomic E-state index is 0. The standard InChI is InChI=1S/C30H40O2Si2.2ClH.Zr/c1-29(2,3)33(7)31-27-19-21-13-9-11-15-23(21)25(27)17-18-26-24-16-12-10-14-22(24)20-28(26)32-34(8)30(4,5)6;;;/h9-16,19-20,33-34H,17-18H2,1-8H3;2*1H;/q;;;+2/p-2. The zero-order chi connectivity index (χ0) is 25.1. The molecule has 0 radical (unpaired) electrons. The molecule has 4 unspecified atom stereocenters. The largest absolute Gasteiger partial charge is 1.00 e. The van der Waals surface area contributed by atoms with Gasteiger partial charge >= 0.3 is 228 Å². The molecule has 4 atom stereocenters. The van der Waals surface area contributed by atoms with E-state index in [0.717, 1.165) is 12.8 Å². The van der Waals surface area contributed by atoms with Crippen molar-refractivity contribution in [2.75, 3.05) is 0 Å². The summed E-state index contributed by atoms with van der Waals surface area (Å²) in [5, 5.41) is 0.494. The van der Waals surface area contributed by atoms with Crippen molar-refractivity contribution in [2.45, 2.75) is 84.8 Å². The molecule has 0 fully saturated rings. The molecule has 0 amide bonds. The van der Waals surface area contributed by atoms with Gasteiger partial charge in [0.25, 0.3) is 0 Å². The molecule has 0 spiro atoms. The Morgan fingerprint density at radius 3 is 1.35 bits per heavy atom. The first-order valence-electron chi connectivity index (χ1n) is 13.2. The van der Waals surface area contributed by atoms with Crippen LogP contribution in [-0.4, -0.2) is 18.1 Å². The Kier molecular flexibility index (Phi) is 9.61. The third-order valence-electron chi connectivity index (χ3n) is 8.32. The van der Waals surface area contributed by atoms with Gasteiger partial charge in [0.05, 0.1) is 0 Å². The molecule has 2 aliphatic carbocycles. The van der Waals surface area contributed by atoms with E-state index in [1.54, 1.807) is 0 Å². The van der Waals surface area contributed by atoms with E-state index in [1.165, 1.54) is 44.9 Å². The summed E-state index contributed by atoms with van der Waals surface area (Å²) in [5.41, 5.74) is 8.99. The van der Waals surface area contributed by atoms with E-state index in [0.29, 0.717) is 7.25 Å². The van der Waals surface area contributed by atoms with Crippen molar-refractivity contribution >= 4 is 29.2 Å². The van der Waals surface area contributed by atoms with E-state index in [1.807, 2.05) is 0 Å². The summed E-state index contributed by atoms with van der Waals surface area (Å²) in [6.45, 7) is 18.9. The third-order valence-corrected chi connectivity index (χ3v) is 18.9. The van der Waals surface area contributed by atoms with Crippen molar-refractivity contribution in [1.82, 2.24) is 0 Å². The maximum atomic E-state index is 7.09. The van der Waals surface area contributed by atoms with Crippen LogP contribution in [0.4, 0.5) is 0 Å². The molecule has 198 valence electrons. The summed E-state index contributed by atoms with van der Waals surface area (Å²) >= 11 is -1.05. The Labute approximate surface area is 251 Å². The second-order valence-electron chi connectivity index (χ2n) is 12.6. The fourth-order valence-corrected chi connectivity index (χ4v) is 12.8. The minimum Gasteiger partial charge on any atom is -1.00 e. The fraction of sp³-hybridized carbons (Fsp3) is 0.467. The first-order valence-corrected chi connectivity index (χ1v) is 20.5. The predicted molar refractivity (Wildman–Crippen MR) is 149 cm³/mol. The zero-order valence-corrected chi connectivity index (χ0v) is 29.7. The average Bonchev–Trinajstić information content (AvgIpc) is 3.25. The zero-order valence-electron chi connectivity index (χ0n) is 23.4. The van der Waals surface area contributed by atoms with Crippen LogP contribution in [0, 0.1) is 0 Å². The maximum absolute atomic E-state index is 7.09. The van der Waals surface area contributed by atoms with Crippen LogP contribution in [0.5, 0.6) is 0 Å². The molecular formula is C30H40Cl2O2Si2Zr. The van der Waals surface area contributed by atoms with Gasteiger partial charge in [0, 0.05) is 0 Å². The summed E-state index contributed by atoms with van der Waals surface area (Å²) in [4.78, 5) is 0. The molecule has 0 saturated heterocycles. The van der Waals surface area contributed by atoms with Crippen molar-refractivity contribution in [3.63, 3.8) is 0 Å². The van der Waals surface area contributed by atoms with Gasteiger partial charge in [0.15, 0.2) is 0 Å². The number of hydrogen-bond acceptors (Lipinski definition) is 2. The predicted octanol–water partition coefficient (Wildman–Crippen LogP) is 2.14. The number of fused-ring (bicyclic) bond motifs is 8. The molecule has 2 nitrogen and oxygen atoms in total. The number of hydrogen-bond donors (Lipinski definition) is 0. The second kappa shape index (κ2) is 11.5. The van der Waals surface area contributed by atoms with E-state index in [4.69, 9.17) is 8.85 Å². The molecule has 1 heterocycles. The maximum Gasteiger partial charge on any atom is -1.00 e. The number of benzene rings is 2. The van der Waals surface area contributed by atoms with Crippen LogP contribution in [-0.2, 0) is 32.1 Å². The van der Waals surface area contributed by atoms with Gasteiger partial charge < -0.3 is 24.8 Å². The van der Waals surface area contributed by atoms with Crippen LogP contribution in [0.1, 0.15) is 83.9 Å². The summed E-state index contributed by atoms with van der Waals surface area (Å²) in [5.74, 6) is 2.72. The molecule has 37 heavy (non-hydrogen) atoms. The molecule has 1 aliphatic heterocycles. The summed E-state index contributed by atoms with van der Waals surface area (Å²) in [7, 11) is -2.79. The van der Waals surface area contributed by atoms with Gasteiger partial charge in [-0.1, -0.05) is 0 Å². The van der Waals surface area contributed by atoms with Crippen molar-refractivity contribution in [1.29, 1.82) is 0 Å². The Bertz CT molecular complexity index is 1120. The van der Waals surface area contributed by atoms with Gasteiger partial charge in [-0.2, -0.15) is 0 Å². The fourth-order valence-electron chi connectivity index (χ4n) is 5.22. The molecule has 3 aliphatic rings. The van der Waals surface area contributed by atoms with E-state index >= 15 is 0 Å². The molecule has 5 rings (SSSR count). The summed E-state index contributed by atoms with van der Waals surface area (Å²) in [6, 6.07) is 18.4. The molecule has 4 bridgehead atoms. The molecule has 7 heteroatoms. The quantitative estimate of drug-likeness (QED) is 0.473. The Morgan fingerprint density at radius 1 is 0.649 bits per heavy atom. The van der Waals surface area contributed by atoms with E-state index in [-0.39, 0.29) is 34.9 Å². The van der Waals surface area contributed by atoms with Gasteiger partial charge in [-0.15, -0.1) is 0 Å². The monoisotopic (exact) mass is 648 g/mol. The van der Waals surface area contributed by atoms with Gasteiger partial charge in [-0.05, 0) is 0 Å². The Hall–Kier alpha value is -0.583. The smallest absolute Gasteiger partial charge is 1.00 e. The SMILES string of the molecule is C[SiH](OC1=C2CCC3=C(O[SiH](C)C(C)(C)C)[CH]([Zr+2][CH]1c1ccccc12)c1ccccc13)C(C)(C)C.[Cl-].[Cl-]. The molecule has 0 N–H and O–H groups in total. The van der Waals surface area contributed by atoms with Crippen LogP contribution in [0.2, 0.25) is 23.2 Å². The van der Waals surface area contributed by atoms with Crippen molar-refractivity contribution in [3.05, 3.63) is 82.3 Å². The van der Waals surface area contributed by atoms with Crippen molar-refractivity contribution in [2.24, 2.45) is 0 Å². The topological polar surface area (TPSA) is 18.5 Å². The van der Waals surface area contributed by atoms with E-state index in [9.17, 15) is 0 Å². The first-order chi connectivity index (χ1) is 16.5. The van der Waals surface area contributed by atoms with Crippen LogP contribution in [0.25, 0.3) is 11.1 Å². The Morgan fingerprint density at radius 2 is 1.00 bits per heavy atom. The van der Waals surface area contributed by atoms with Crippen LogP contribution >= 0.6 is 0 Å². The van der Waals surface area contributed by atoms with Crippen LogP contribution in [0.15, 0.2) is 60.0 Å². The molecule has 2 aromatic carbocycles. The number of rotatable bonds is 4. The number of allylic oxidation sites excluding steroid dienone is 4. The second-order valence-corrected chi connectivity index (χ2v) is 22.8. The molecular weight excluding hydrogens is 611 g/mol. The first kappa shape index (κ1) is 31.0. The molecule has 0 saturated carbocycles. The van der Waals surface area contributed by atoms with Crippen molar-refractivity contribution in [3.8, 4) is 0 Å². The normalized spacial score (nSPS) is 21.5. The number of halogens is 2. The molecule has 0 aromatic heterocycles. The van der Waals surface area contributed by atoms with Gasteiger partial charge in [-0.3, -0.25) is 0 Å². The van der Waals surface area contributed by atoms with Gasteiger partial charge in [0.1, 0.15) is 0 Å². The average molecular weight is 651 g/mol.